The summed E-state index contributed by atoms with van der Waals surface area (Å²) in [5.41, 5.74) is 1.53. The minimum absolute atomic E-state index is 0. The number of carbonyl (C=O) groups excluding carboxylic acids is 1. The number of aromatic nitrogens is 3. The molecule has 2 aliphatic heterocycles. The summed E-state index contributed by atoms with van der Waals surface area (Å²) in [6, 6.07) is 11.4. The van der Waals surface area contributed by atoms with E-state index in [4.69, 9.17) is 0 Å². The summed E-state index contributed by atoms with van der Waals surface area (Å²) in [5, 5.41) is 14.8. The first-order chi connectivity index (χ1) is 11.3. The topological polar surface area (TPSA) is 71.8 Å². The van der Waals surface area contributed by atoms with Crippen LogP contribution in [0, 0.1) is 0 Å². The molecule has 0 spiro atoms. The Labute approximate surface area is 147 Å². The van der Waals surface area contributed by atoms with Crippen LogP contribution in [-0.4, -0.2) is 39.0 Å². The van der Waals surface area contributed by atoms with E-state index >= 15 is 0 Å². The Morgan fingerprint density at radius 1 is 1.21 bits per heavy atom. The molecule has 7 heteroatoms. The van der Waals surface area contributed by atoms with Crippen LogP contribution in [0.2, 0.25) is 0 Å². The first-order valence-electron chi connectivity index (χ1n) is 8.27. The molecule has 4 rings (SSSR count). The van der Waals surface area contributed by atoms with E-state index in [2.05, 4.69) is 20.9 Å². The van der Waals surface area contributed by atoms with Crippen LogP contribution in [0.5, 0.6) is 0 Å². The molecule has 2 unspecified atom stereocenters. The lowest BCUT2D eigenvalue weighted by molar-refractivity contribution is 0.0919. The number of carbonyl (C=O) groups is 1. The Morgan fingerprint density at radius 2 is 1.92 bits per heavy atom. The predicted octanol–water partition coefficient (Wildman–Crippen LogP) is 1.76. The number of fused-ring (bicyclic) bond motifs is 2. The molecule has 2 aromatic rings. The summed E-state index contributed by atoms with van der Waals surface area (Å²) in [6.07, 6.45) is 6.20. The van der Waals surface area contributed by atoms with Crippen LogP contribution in [0.25, 0.3) is 0 Å². The van der Waals surface area contributed by atoms with Crippen molar-refractivity contribution in [3.05, 3.63) is 47.8 Å². The van der Waals surface area contributed by atoms with Crippen molar-refractivity contribution in [3.63, 3.8) is 0 Å². The van der Waals surface area contributed by atoms with Gasteiger partial charge in [0.25, 0.3) is 5.91 Å². The molecule has 2 aliphatic rings. The number of rotatable bonds is 4. The summed E-state index contributed by atoms with van der Waals surface area (Å²) >= 11 is 0. The van der Waals surface area contributed by atoms with Gasteiger partial charge in [-0.25, -0.2) is 4.68 Å². The Kier molecular flexibility index (Phi) is 5.16. The Bertz CT molecular complexity index is 677. The highest BCUT2D eigenvalue weighted by molar-refractivity contribution is 5.92. The summed E-state index contributed by atoms with van der Waals surface area (Å²) in [6.45, 7) is 0.624. The second-order valence-corrected chi connectivity index (χ2v) is 6.57. The SMILES string of the molecule is Cl.O=C(NC1CC2CCC(C1)N2)c1cn(Cc2ccccc2)nn1. The van der Waals surface area contributed by atoms with E-state index in [9.17, 15) is 4.79 Å². The molecule has 2 atom stereocenters. The maximum atomic E-state index is 12.4. The number of amides is 1. The molecule has 3 heterocycles. The first kappa shape index (κ1) is 16.9. The first-order valence-corrected chi connectivity index (χ1v) is 8.27. The monoisotopic (exact) mass is 347 g/mol. The van der Waals surface area contributed by atoms with Gasteiger partial charge in [0, 0.05) is 18.1 Å². The van der Waals surface area contributed by atoms with E-state index in [0.717, 1.165) is 18.4 Å². The minimum atomic E-state index is -0.115. The molecule has 2 N–H and O–H groups in total. The molecule has 2 saturated heterocycles. The quantitative estimate of drug-likeness (QED) is 0.884. The van der Waals surface area contributed by atoms with Crippen LogP contribution in [0.15, 0.2) is 36.5 Å². The third-order valence-electron chi connectivity index (χ3n) is 4.77. The molecule has 24 heavy (non-hydrogen) atoms. The molecule has 128 valence electrons. The molecule has 1 aromatic carbocycles. The number of nitrogens with zero attached hydrogens (tertiary/aromatic N) is 3. The van der Waals surface area contributed by atoms with E-state index in [-0.39, 0.29) is 24.4 Å². The van der Waals surface area contributed by atoms with Gasteiger partial charge in [-0.3, -0.25) is 4.79 Å². The Balaban J connectivity index is 0.00000169. The number of hydrogen-bond donors (Lipinski definition) is 2. The van der Waals surface area contributed by atoms with Crippen molar-refractivity contribution in [1.82, 2.24) is 25.6 Å². The van der Waals surface area contributed by atoms with E-state index in [0.29, 0.717) is 24.3 Å². The third-order valence-corrected chi connectivity index (χ3v) is 4.77. The molecule has 0 radical (unpaired) electrons. The fourth-order valence-corrected chi connectivity index (χ4v) is 3.68. The third kappa shape index (κ3) is 3.76. The summed E-state index contributed by atoms with van der Waals surface area (Å²) in [4.78, 5) is 12.4. The zero-order valence-electron chi connectivity index (χ0n) is 13.4. The van der Waals surface area contributed by atoms with Gasteiger partial charge < -0.3 is 10.6 Å². The lowest BCUT2D eigenvalue weighted by Gasteiger charge is -2.29. The zero-order valence-corrected chi connectivity index (χ0v) is 14.2. The van der Waals surface area contributed by atoms with Crippen LogP contribution in [-0.2, 0) is 6.54 Å². The molecule has 2 bridgehead atoms. The largest absolute Gasteiger partial charge is 0.348 e. The van der Waals surface area contributed by atoms with Crippen LogP contribution in [0.4, 0.5) is 0 Å². The van der Waals surface area contributed by atoms with Crippen molar-refractivity contribution in [3.8, 4) is 0 Å². The molecule has 6 nitrogen and oxygen atoms in total. The standard InChI is InChI=1S/C17H21N5O.ClH/c23-17(19-15-8-13-6-7-14(9-15)18-13)16-11-22(21-20-16)10-12-4-2-1-3-5-12;/h1-5,11,13-15,18H,6-10H2,(H,19,23);1H. The lowest BCUT2D eigenvalue weighted by Crippen LogP contribution is -2.48. The maximum Gasteiger partial charge on any atom is 0.273 e. The van der Waals surface area contributed by atoms with E-state index in [1.54, 1.807) is 10.9 Å². The fourth-order valence-electron chi connectivity index (χ4n) is 3.68. The van der Waals surface area contributed by atoms with Gasteiger partial charge in [0.1, 0.15) is 0 Å². The van der Waals surface area contributed by atoms with Gasteiger partial charge in [-0.05, 0) is 31.2 Å². The second kappa shape index (κ2) is 7.32. The highest BCUT2D eigenvalue weighted by Crippen LogP contribution is 2.26. The highest BCUT2D eigenvalue weighted by Gasteiger charge is 2.34. The molecule has 0 aliphatic carbocycles. The fraction of sp³-hybridized carbons (Fsp3) is 0.471. The predicted molar refractivity (Wildman–Crippen MR) is 93.2 cm³/mol. The van der Waals surface area contributed by atoms with Crippen molar-refractivity contribution in [2.45, 2.75) is 50.4 Å². The highest BCUT2D eigenvalue weighted by atomic mass is 35.5. The summed E-state index contributed by atoms with van der Waals surface area (Å²) in [7, 11) is 0. The van der Waals surface area contributed by atoms with Crippen LogP contribution in [0.1, 0.15) is 41.7 Å². The van der Waals surface area contributed by atoms with E-state index in [1.165, 1.54) is 12.8 Å². The molecule has 2 fully saturated rings. The van der Waals surface area contributed by atoms with Gasteiger partial charge in [-0.1, -0.05) is 35.5 Å². The average molecular weight is 348 g/mol. The zero-order chi connectivity index (χ0) is 15.6. The van der Waals surface area contributed by atoms with Crippen molar-refractivity contribution >= 4 is 18.3 Å². The lowest BCUT2D eigenvalue weighted by atomic mass is 10.00. The Morgan fingerprint density at radius 3 is 2.62 bits per heavy atom. The maximum absolute atomic E-state index is 12.4. The molecule has 1 amide bonds. The number of nitrogens with one attached hydrogen (secondary N) is 2. The van der Waals surface area contributed by atoms with E-state index < -0.39 is 0 Å². The van der Waals surface area contributed by atoms with Crippen LogP contribution >= 0.6 is 12.4 Å². The summed E-state index contributed by atoms with van der Waals surface area (Å²) < 4.78 is 1.70. The normalized spacial score (nSPS) is 25.1. The van der Waals surface area contributed by atoms with Crippen LogP contribution < -0.4 is 10.6 Å². The number of piperidine rings is 1. The van der Waals surface area contributed by atoms with Crippen LogP contribution in [0.3, 0.4) is 0 Å². The second-order valence-electron chi connectivity index (χ2n) is 6.57. The Hall–Kier alpha value is -1.92. The van der Waals surface area contributed by atoms with Gasteiger partial charge in [0.05, 0.1) is 12.7 Å². The minimum Gasteiger partial charge on any atom is -0.348 e. The van der Waals surface area contributed by atoms with E-state index in [1.807, 2.05) is 30.3 Å². The smallest absolute Gasteiger partial charge is 0.273 e. The summed E-state index contributed by atoms with van der Waals surface area (Å²) in [5.74, 6) is -0.115. The molecular formula is C17H22ClN5O. The number of benzene rings is 1. The van der Waals surface area contributed by atoms with Gasteiger partial charge in [0.2, 0.25) is 0 Å². The van der Waals surface area contributed by atoms with Gasteiger partial charge in [-0.15, -0.1) is 17.5 Å². The van der Waals surface area contributed by atoms with Gasteiger partial charge in [-0.2, -0.15) is 0 Å². The van der Waals surface area contributed by atoms with Crippen molar-refractivity contribution in [2.24, 2.45) is 0 Å². The van der Waals surface area contributed by atoms with Crippen molar-refractivity contribution in [1.29, 1.82) is 0 Å². The van der Waals surface area contributed by atoms with Gasteiger partial charge in [0.15, 0.2) is 5.69 Å². The van der Waals surface area contributed by atoms with Crippen molar-refractivity contribution < 1.29 is 4.79 Å². The molecule has 0 saturated carbocycles. The molecule has 1 aromatic heterocycles. The van der Waals surface area contributed by atoms with Gasteiger partial charge >= 0.3 is 0 Å². The average Bonchev–Trinajstić information content (AvgIpc) is 3.15. The van der Waals surface area contributed by atoms with Crippen molar-refractivity contribution in [2.75, 3.05) is 0 Å². The number of halogens is 1. The number of hydrogen-bond acceptors (Lipinski definition) is 4. The molecular weight excluding hydrogens is 326 g/mol.